The summed E-state index contributed by atoms with van der Waals surface area (Å²) in [5, 5.41) is 18.0. The lowest BCUT2D eigenvalue weighted by atomic mass is 9.69. The van der Waals surface area contributed by atoms with Gasteiger partial charge in [0.25, 0.3) is 0 Å². The third kappa shape index (κ3) is 7.83. The van der Waals surface area contributed by atoms with E-state index in [0.29, 0.717) is 6.42 Å². The molecule has 0 bridgehead atoms. The van der Waals surface area contributed by atoms with E-state index in [1.165, 1.54) is 48.5 Å². The maximum atomic E-state index is 13.3. The molecule has 0 aliphatic rings. The molecule has 0 radical (unpaired) electrons. The van der Waals surface area contributed by atoms with Gasteiger partial charge < -0.3 is 19.7 Å². The minimum absolute atomic E-state index is 0.00742. The van der Waals surface area contributed by atoms with Crippen LogP contribution in [0.5, 0.6) is 0 Å². The molecule has 208 valence electrons. The molecule has 0 aliphatic heterocycles. The van der Waals surface area contributed by atoms with Crippen LogP contribution in [0.1, 0.15) is 82.0 Å². The molecule has 10 nitrogen and oxygen atoms in total. The van der Waals surface area contributed by atoms with Crippen LogP contribution in [-0.2, 0) is 19.1 Å². The van der Waals surface area contributed by atoms with Gasteiger partial charge >= 0.3 is 23.9 Å². The van der Waals surface area contributed by atoms with Gasteiger partial charge in [0.15, 0.2) is 24.8 Å². The lowest BCUT2D eigenvalue weighted by Gasteiger charge is -2.36. The quantitative estimate of drug-likeness (QED) is 0.261. The standard InChI is InChI=1S/C29H32O10/c1-5-14-29(4,28(37)39-16-23(31)19-8-12-21(13-9-19)26(34)35)24(17(2)3)27(36)38-15-22(30)18-6-10-20(11-7-18)25(32)33/h6-13,17,24H,5,14-16H2,1-4H3,(H,32,33)(H,34,35). The Bertz CT molecular complexity index is 1230. The molecule has 39 heavy (non-hydrogen) atoms. The van der Waals surface area contributed by atoms with E-state index >= 15 is 0 Å². The fourth-order valence-corrected chi connectivity index (χ4v) is 4.46. The first-order valence-corrected chi connectivity index (χ1v) is 12.4. The Balaban J connectivity index is 2.12. The minimum Gasteiger partial charge on any atom is -0.478 e. The summed E-state index contributed by atoms with van der Waals surface area (Å²) in [4.78, 5) is 73.5. The van der Waals surface area contributed by atoms with Crippen molar-refractivity contribution in [1.82, 2.24) is 0 Å². The van der Waals surface area contributed by atoms with Crippen LogP contribution in [0.3, 0.4) is 0 Å². The summed E-state index contributed by atoms with van der Waals surface area (Å²) in [6, 6.07) is 10.4. The van der Waals surface area contributed by atoms with Gasteiger partial charge in [0.1, 0.15) is 0 Å². The first kappa shape index (κ1) is 30.9. The van der Waals surface area contributed by atoms with Gasteiger partial charge in [0, 0.05) is 11.1 Å². The largest absolute Gasteiger partial charge is 0.478 e. The number of carbonyl (C=O) groups excluding carboxylic acids is 4. The molecule has 0 heterocycles. The van der Waals surface area contributed by atoms with Crippen LogP contribution in [0.15, 0.2) is 48.5 Å². The number of hydrogen-bond donors (Lipinski definition) is 2. The van der Waals surface area contributed by atoms with Crippen molar-refractivity contribution in [3.63, 3.8) is 0 Å². The number of Topliss-reactive ketones (excluding diaryl/α,β-unsaturated/α-hetero) is 2. The predicted molar refractivity (Wildman–Crippen MR) is 139 cm³/mol. The number of hydrogen-bond acceptors (Lipinski definition) is 8. The molecule has 0 aromatic heterocycles. The molecule has 0 spiro atoms. The van der Waals surface area contributed by atoms with Crippen molar-refractivity contribution in [2.45, 2.75) is 40.5 Å². The normalized spacial score (nSPS) is 13.2. The molecule has 2 unspecified atom stereocenters. The number of rotatable bonds is 14. The van der Waals surface area contributed by atoms with Crippen molar-refractivity contribution in [3.05, 3.63) is 70.8 Å². The summed E-state index contributed by atoms with van der Waals surface area (Å²) in [7, 11) is 0. The van der Waals surface area contributed by atoms with E-state index < -0.39 is 60.0 Å². The maximum Gasteiger partial charge on any atom is 0.335 e. The molecule has 0 amide bonds. The van der Waals surface area contributed by atoms with Gasteiger partial charge in [-0.25, -0.2) is 9.59 Å². The number of carboxylic acids is 2. The van der Waals surface area contributed by atoms with E-state index in [1.54, 1.807) is 20.8 Å². The SMILES string of the molecule is CCCC(C)(C(=O)OCC(=O)c1ccc(C(=O)O)cc1)C(C(=O)OCC(=O)c1ccc(C(=O)O)cc1)C(C)C. The van der Waals surface area contributed by atoms with E-state index in [9.17, 15) is 28.8 Å². The van der Waals surface area contributed by atoms with Crippen LogP contribution in [-0.4, -0.2) is 58.9 Å². The molecule has 2 N–H and O–H groups in total. The summed E-state index contributed by atoms with van der Waals surface area (Å²) in [6.45, 7) is 5.65. The Kier molecular flexibility index (Phi) is 10.7. The van der Waals surface area contributed by atoms with Crippen LogP contribution in [0.25, 0.3) is 0 Å². The van der Waals surface area contributed by atoms with Crippen LogP contribution in [0, 0.1) is 17.3 Å². The van der Waals surface area contributed by atoms with Gasteiger partial charge in [0.05, 0.1) is 22.5 Å². The second-order valence-corrected chi connectivity index (χ2v) is 9.68. The first-order chi connectivity index (χ1) is 18.3. The van der Waals surface area contributed by atoms with Gasteiger partial charge in [-0.05, 0) is 43.5 Å². The molecule has 0 fully saturated rings. The zero-order valence-electron chi connectivity index (χ0n) is 22.3. The maximum absolute atomic E-state index is 13.3. The van der Waals surface area contributed by atoms with Crippen LogP contribution in [0.2, 0.25) is 0 Å². The number of carbonyl (C=O) groups is 6. The topological polar surface area (TPSA) is 161 Å². The molecule has 0 aliphatic carbocycles. The number of aromatic carboxylic acids is 2. The fourth-order valence-electron chi connectivity index (χ4n) is 4.46. The van der Waals surface area contributed by atoms with Gasteiger partial charge in [-0.1, -0.05) is 51.5 Å². The number of ketones is 2. The highest BCUT2D eigenvalue weighted by Gasteiger charge is 2.48. The third-order valence-electron chi connectivity index (χ3n) is 6.43. The van der Waals surface area contributed by atoms with E-state index in [2.05, 4.69) is 0 Å². The summed E-state index contributed by atoms with van der Waals surface area (Å²) in [6.07, 6.45) is 0.761. The Morgan fingerprint density at radius 3 is 1.46 bits per heavy atom. The lowest BCUT2D eigenvalue weighted by molar-refractivity contribution is -0.170. The number of esters is 2. The Morgan fingerprint density at radius 2 is 1.10 bits per heavy atom. The second kappa shape index (κ2) is 13.5. The fraction of sp³-hybridized carbons (Fsp3) is 0.379. The molecule has 2 aromatic rings. The highest BCUT2D eigenvalue weighted by molar-refractivity contribution is 6.00. The monoisotopic (exact) mass is 540 g/mol. The Hall–Kier alpha value is -4.34. The summed E-state index contributed by atoms with van der Waals surface area (Å²) < 4.78 is 10.6. The number of ether oxygens (including phenoxy) is 2. The Labute approximate surface area is 225 Å². The minimum atomic E-state index is -1.36. The molecule has 0 saturated heterocycles. The van der Waals surface area contributed by atoms with Crippen molar-refractivity contribution >= 4 is 35.4 Å². The average Bonchev–Trinajstić information content (AvgIpc) is 2.90. The average molecular weight is 541 g/mol. The molecule has 2 rings (SSSR count). The molecule has 0 saturated carbocycles. The van der Waals surface area contributed by atoms with Crippen LogP contribution in [0.4, 0.5) is 0 Å². The summed E-state index contributed by atoms with van der Waals surface area (Å²) >= 11 is 0. The van der Waals surface area contributed by atoms with Crippen molar-refractivity contribution < 1.29 is 48.5 Å². The molecule has 10 heteroatoms. The van der Waals surface area contributed by atoms with Gasteiger partial charge in [-0.2, -0.15) is 0 Å². The molecule has 2 aromatic carbocycles. The van der Waals surface area contributed by atoms with Gasteiger partial charge in [0.2, 0.25) is 0 Å². The first-order valence-electron chi connectivity index (χ1n) is 12.4. The molecular formula is C29H32O10. The number of carboxylic acid groups (broad SMARTS) is 2. The van der Waals surface area contributed by atoms with Crippen molar-refractivity contribution in [1.29, 1.82) is 0 Å². The summed E-state index contributed by atoms with van der Waals surface area (Å²) in [5.74, 6) is -6.28. The van der Waals surface area contributed by atoms with E-state index in [1.807, 2.05) is 6.92 Å². The van der Waals surface area contributed by atoms with E-state index in [0.717, 1.165) is 0 Å². The van der Waals surface area contributed by atoms with E-state index in [-0.39, 0.29) is 34.6 Å². The zero-order valence-corrected chi connectivity index (χ0v) is 22.3. The Morgan fingerprint density at radius 1 is 0.718 bits per heavy atom. The smallest absolute Gasteiger partial charge is 0.335 e. The van der Waals surface area contributed by atoms with Crippen LogP contribution >= 0.6 is 0 Å². The number of benzene rings is 2. The van der Waals surface area contributed by atoms with Crippen molar-refractivity contribution in [2.24, 2.45) is 17.3 Å². The predicted octanol–water partition coefficient (Wildman–Crippen LogP) is 4.31. The van der Waals surface area contributed by atoms with E-state index in [4.69, 9.17) is 19.7 Å². The summed E-state index contributed by atoms with van der Waals surface area (Å²) in [5.41, 5.74) is -1.01. The highest BCUT2D eigenvalue weighted by atomic mass is 16.5. The van der Waals surface area contributed by atoms with Crippen molar-refractivity contribution in [3.8, 4) is 0 Å². The van der Waals surface area contributed by atoms with Crippen molar-refractivity contribution in [2.75, 3.05) is 13.2 Å². The lowest BCUT2D eigenvalue weighted by Crippen LogP contribution is -2.45. The second-order valence-electron chi connectivity index (χ2n) is 9.68. The highest BCUT2D eigenvalue weighted by Crippen LogP contribution is 2.39. The zero-order chi connectivity index (χ0) is 29.3. The third-order valence-corrected chi connectivity index (χ3v) is 6.43. The van der Waals surface area contributed by atoms with Gasteiger partial charge in [-0.15, -0.1) is 0 Å². The van der Waals surface area contributed by atoms with Gasteiger partial charge in [-0.3, -0.25) is 19.2 Å². The molecular weight excluding hydrogens is 508 g/mol. The van der Waals surface area contributed by atoms with Crippen LogP contribution < -0.4 is 0 Å². The molecule has 2 atom stereocenters.